The number of furan rings is 1. The molecule has 7 heteroatoms. The Balaban J connectivity index is 1.83. The SMILES string of the molecule is COc1ccccc1S(=O)(=O)NC[C@](O)(c1ccco1)C1CC1. The number of aliphatic hydroxyl groups is 1. The van der Waals surface area contributed by atoms with E-state index in [4.69, 9.17) is 9.15 Å². The van der Waals surface area contributed by atoms with E-state index < -0.39 is 15.6 Å². The maximum Gasteiger partial charge on any atom is 0.244 e. The lowest BCUT2D eigenvalue weighted by atomic mass is 9.95. The van der Waals surface area contributed by atoms with Gasteiger partial charge in [0.25, 0.3) is 0 Å². The molecule has 0 saturated heterocycles. The van der Waals surface area contributed by atoms with E-state index in [2.05, 4.69) is 4.72 Å². The minimum Gasteiger partial charge on any atom is -0.495 e. The zero-order valence-electron chi connectivity index (χ0n) is 12.7. The molecule has 1 aromatic carbocycles. The van der Waals surface area contributed by atoms with Crippen LogP contribution in [0, 0.1) is 5.92 Å². The summed E-state index contributed by atoms with van der Waals surface area (Å²) in [6, 6.07) is 9.70. The predicted molar refractivity (Wildman–Crippen MR) is 83.5 cm³/mol. The van der Waals surface area contributed by atoms with Crippen molar-refractivity contribution in [1.82, 2.24) is 4.72 Å². The predicted octanol–water partition coefficient (Wildman–Crippen LogP) is 1.86. The number of nitrogens with one attached hydrogen (secondary N) is 1. The molecule has 1 fully saturated rings. The van der Waals surface area contributed by atoms with Crippen LogP contribution in [0.3, 0.4) is 0 Å². The van der Waals surface area contributed by atoms with Crippen molar-refractivity contribution in [2.45, 2.75) is 23.3 Å². The first-order valence-electron chi connectivity index (χ1n) is 7.36. The Morgan fingerprint density at radius 1 is 1.30 bits per heavy atom. The summed E-state index contributed by atoms with van der Waals surface area (Å²) in [6.07, 6.45) is 3.15. The number of methoxy groups -OCH3 is 1. The molecule has 0 radical (unpaired) electrons. The first-order chi connectivity index (χ1) is 11.0. The number of hydrogen-bond donors (Lipinski definition) is 2. The molecule has 6 nitrogen and oxygen atoms in total. The van der Waals surface area contributed by atoms with Crippen LogP contribution in [0.1, 0.15) is 18.6 Å². The molecule has 0 amide bonds. The second kappa shape index (κ2) is 5.99. The number of ether oxygens (including phenoxy) is 1. The fourth-order valence-electron chi connectivity index (χ4n) is 2.64. The number of benzene rings is 1. The molecule has 23 heavy (non-hydrogen) atoms. The summed E-state index contributed by atoms with van der Waals surface area (Å²) < 4.78 is 38.0. The van der Waals surface area contributed by atoms with Crippen LogP contribution < -0.4 is 9.46 Å². The zero-order valence-corrected chi connectivity index (χ0v) is 13.5. The summed E-state index contributed by atoms with van der Waals surface area (Å²) in [7, 11) is -2.40. The van der Waals surface area contributed by atoms with E-state index in [0.717, 1.165) is 12.8 Å². The third-order valence-corrected chi connectivity index (χ3v) is 5.53. The van der Waals surface area contributed by atoms with Gasteiger partial charge in [-0.3, -0.25) is 0 Å². The van der Waals surface area contributed by atoms with E-state index in [0.29, 0.717) is 5.76 Å². The molecule has 1 saturated carbocycles. The van der Waals surface area contributed by atoms with Gasteiger partial charge in [0.15, 0.2) is 0 Å². The Morgan fingerprint density at radius 3 is 2.65 bits per heavy atom. The van der Waals surface area contributed by atoms with E-state index in [1.54, 1.807) is 30.3 Å². The molecule has 1 aliphatic carbocycles. The number of sulfonamides is 1. The van der Waals surface area contributed by atoms with Crippen molar-refractivity contribution in [3.05, 3.63) is 48.4 Å². The lowest BCUT2D eigenvalue weighted by Gasteiger charge is -2.26. The summed E-state index contributed by atoms with van der Waals surface area (Å²) in [5.74, 6) is 0.629. The topological polar surface area (TPSA) is 88.8 Å². The van der Waals surface area contributed by atoms with Crippen LogP contribution in [0.25, 0.3) is 0 Å². The van der Waals surface area contributed by atoms with Crippen LogP contribution in [0.5, 0.6) is 5.75 Å². The molecule has 1 aliphatic rings. The molecule has 0 aliphatic heterocycles. The first kappa shape index (κ1) is 16.0. The maximum absolute atomic E-state index is 12.5. The van der Waals surface area contributed by atoms with Crippen LogP contribution in [0.2, 0.25) is 0 Å². The molecule has 0 bridgehead atoms. The summed E-state index contributed by atoms with van der Waals surface area (Å²) in [5.41, 5.74) is -1.33. The Morgan fingerprint density at radius 2 is 2.04 bits per heavy atom. The molecule has 0 spiro atoms. The third-order valence-electron chi connectivity index (χ3n) is 4.09. The standard InChI is InChI=1S/C16H19NO5S/c1-21-13-5-2-3-6-14(13)23(19,20)17-11-16(18,12-8-9-12)15-7-4-10-22-15/h2-7,10,12,17-18H,8-9,11H2,1H3/t16-/m1/s1. The van der Waals surface area contributed by atoms with Gasteiger partial charge in [-0.1, -0.05) is 12.1 Å². The van der Waals surface area contributed by atoms with Crippen molar-refractivity contribution in [3.63, 3.8) is 0 Å². The molecule has 1 atom stereocenters. The molecular formula is C16H19NO5S. The Kier molecular flexibility index (Phi) is 4.18. The van der Waals surface area contributed by atoms with Gasteiger partial charge in [0.05, 0.1) is 13.4 Å². The smallest absolute Gasteiger partial charge is 0.244 e. The van der Waals surface area contributed by atoms with E-state index >= 15 is 0 Å². The molecule has 2 N–H and O–H groups in total. The van der Waals surface area contributed by atoms with E-state index in [-0.39, 0.29) is 23.1 Å². The van der Waals surface area contributed by atoms with Gasteiger partial charge in [0, 0.05) is 6.54 Å². The monoisotopic (exact) mass is 337 g/mol. The molecule has 124 valence electrons. The molecule has 2 aromatic rings. The van der Waals surface area contributed by atoms with Crippen molar-refractivity contribution < 1.29 is 22.7 Å². The van der Waals surface area contributed by atoms with Crippen molar-refractivity contribution in [3.8, 4) is 5.75 Å². The van der Waals surface area contributed by atoms with Crippen LogP contribution in [-0.2, 0) is 15.6 Å². The van der Waals surface area contributed by atoms with Crippen molar-refractivity contribution in [1.29, 1.82) is 0 Å². The van der Waals surface area contributed by atoms with Gasteiger partial charge in [-0.15, -0.1) is 0 Å². The Bertz CT molecular complexity index is 768. The largest absolute Gasteiger partial charge is 0.495 e. The highest BCUT2D eigenvalue weighted by atomic mass is 32.2. The number of para-hydroxylation sites is 1. The number of rotatable bonds is 7. The molecule has 0 unspecified atom stereocenters. The van der Waals surface area contributed by atoms with Crippen molar-refractivity contribution in [2.24, 2.45) is 5.92 Å². The van der Waals surface area contributed by atoms with Gasteiger partial charge >= 0.3 is 0 Å². The summed E-state index contributed by atoms with van der Waals surface area (Å²) in [4.78, 5) is 0.0418. The normalized spacial score (nSPS) is 17.7. The average Bonchev–Trinajstić information content (AvgIpc) is 3.27. The highest BCUT2D eigenvalue weighted by Crippen LogP contribution is 2.45. The Labute approximate surface area is 135 Å². The van der Waals surface area contributed by atoms with Crippen LogP contribution >= 0.6 is 0 Å². The lowest BCUT2D eigenvalue weighted by molar-refractivity contribution is -0.00225. The summed E-state index contributed by atoms with van der Waals surface area (Å²) in [5, 5.41) is 10.9. The van der Waals surface area contributed by atoms with Gasteiger partial charge in [-0.2, -0.15) is 0 Å². The molecule has 1 heterocycles. The van der Waals surface area contributed by atoms with Crippen LogP contribution in [0.15, 0.2) is 52.0 Å². The maximum atomic E-state index is 12.5. The molecular weight excluding hydrogens is 318 g/mol. The average molecular weight is 337 g/mol. The van der Waals surface area contributed by atoms with Gasteiger partial charge in [0.1, 0.15) is 22.0 Å². The fraction of sp³-hybridized carbons (Fsp3) is 0.375. The van der Waals surface area contributed by atoms with Gasteiger partial charge in [-0.25, -0.2) is 13.1 Å². The highest BCUT2D eigenvalue weighted by molar-refractivity contribution is 7.89. The summed E-state index contributed by atoms with van der Waals surface area (Å²) in [6.45, 7) is -0.147. The minimum absolute atomic E-state index is 0.00554. The molecule has 1 aromatic heterocycles. The molecule has 3 rings (SSSR count). The van der Waals surface area contributed by atoms with Crippen molar-refractivity contribution in [2.75, 3.05) is 13.7 Å². The van der Waals surface area contributed by atoms with Gasteiger partial charge < -0.3 is 14.3 Å². The van der Waals surface area contributed by atoms with E-state index in [9.17, 15) is 13.5 Å². The van der Waals surface area contributed by atoms with E-state index in [1.165, 1.54) is 19.4 Å². The highest BCUT2D eigenvalue weighted by Gasteiger charge is 2.47. The second-order valence-electron chi connectivity index (χ2n) is 5.65. The zero-order chi connectivity index (χ0) is 16.5. The first-order valence-corrected chi connectivity index (χ1v) is 8.85. The van der Waals surface area contributed by atoms with Crippen LogP contribution in [0.4, 0.5) is 0 Å². The van der Waals surface area contributed by atoms with E-state index in [1.807, 2.05) is 0 Å². The summed E-state index contributed by atoms with van der Waals surface area (Å²) >= 11 is 0. The number of hydrogen-bond acceptors (Lipinski definition) is 5. The lowest BCUT2D eigenvalue weighted by Crippen LogP contribution is -2.42. The van der Waals surface area contributed by atoms with Gasteiger partial charge in [-0.05, 0) is 43.0 Å². The third kappa shape index (κ3) is 3.12. The second-order valence-corrected chi connectivity index (χ2v) is 7.39. The van der Waals surface area contributed by atoms with Crippen molar-refractivity contribution >= 4 is 10.0 Å². The van der Waals surface area contributed by atoms with Gasteiger partial charge in [0.2, 0.25) is 10.0 Å². The Hall–Kier alpha value is -1.83. The quantitative estimate of drug-likeness (QED) is 0.805. The van der Waals surface area contributed by atoms with Crippen LogP contribution in [-0.4, -0.2) is 27.2 Å². The fourth-order valence-corrected chi connectivity index (χ4v) is 3.88. The minimum atomic E-state index is -3.81.